The minimum atomic E-state index is -3.73. The summed E-state index contributed by atoms with van der Waals surface area (Å²) in [5.74, 6) is -1.59. The number of nitrogens with zero attached hydrogens (tertiary/aromatic N) is 1. The Kier molecular flexibility index (Phi) is 7.83. The molecular weight excluding hydrogens is 418 g/mol. The molecule has 2 atom stereocenters. The Bertz CT molecular complexity index is 957. The van der Waals surface area contributed by atoms with E-state index in [2.05, 4.69) is 6.58 Å². The number of sulfonamides is 1. The molecule has 8 heteroatoms. The third-order valence-corrected chi connectivity index (χ3v) is 6.89. The van der Waals surface area contributed by atoms with Crippen LogP contribution in [0.3, 0.4) is 0 Å². The van der Waals surface area contributed by atoms with E-state index in [1.165, 1.54) is 23.6 Å². The fourth-order valence-electron chi connectivity index (χ4n) is 3.45. The first-order valence-corrected chi connectivity index (χ1v) is 11.5. The summed E-state index contributed by atoms with van der Waals surface area (Å²) in [5.41, 5.74) is 0.895. The molecule has 1 heterocycles. The predicted octanol–water partition coefficient (Wildman–Crippen LogP) is 3.25. The smallest absolute Gasteiger partial charge is 0.331 e. The van der Waals surface area contributed by atoms with E-state index in [9.17, 15) is 18.0 Å². The molecule has 0 radical (unpaired) electrons. The zero-order valence-electron chi connectivity index (χ0n) is 18.8. The lowest BCUT2D eigenvalue weighted by atomic mass is 9.87. The van der Waals surface area contributed by atoms with Gasteiger partial charge in [0.05, 0.1) is 18.4 Å². The van der Waals surface area contributed by atoms with E-state index in [4.69, 9.17) is 9.47 Å². The van der Waals surface area contributed by atoms with Crippen molar-refractivity contribution in [2.75, 3.05) is 20.2 Å². The third-order valence-electron chi connectivity index (χ3n) is 5.04. The van der Waals surface area contributed by atoms with E-state index >= 15 is 0 Å². The van der Waals surface area contributed by atoms with Crippen LogP contribution in [-0.4, -0.2) is 50.5 Å². The molecular formula is C23H31NO6S. The Hall–Kier alpha value is -2.45. The van der Waals surface area contributed by atoms with Crippen LogP contribution >= 0.6 is 0 Å². The lowest BCUT2D eigenvalue weighted by molar-refractivity contribution is -0.148. The van der Waals surface area contributed by atoms with Gasteiger partial charge in [0.25, 0.3) is 0 Å². The van der Waals surface area contributed by atoms with Crippen molar-refractivity contribution < 1.29 is 27.5 Å². The monoisotopic (exact) mass is 449 g/mol. The van der Waals surface area contributed by atoms with Gasteiger partial charge in [0.2, 0.25) is 10.0 Å². The number of rotatable bonds is 7. The number of carbonyl (C=O) groups is 2. The minimum absolute atomic E-state index is 0.0559. The van der Waals surface area contributed by atoms with E-state index in [-0.39, 0.29) is 36.2 Å². The summed E-state index contributed by atoms with van der Waals surface area (Å²) in [5, 5.41) is 0. The highest BCUT2D eigenvalue weighted by Gasteiger charge is 2.41. The Morgan fingerprint density at radius 2 is 1.77 bits per heavy atom. The second kappa shape index (κ2) is 9.78. The fraction of sp³-hybridized carbons (Fsp3) is 0.478. The van der Waals surface area contributed by atoms with E-state index in [1.54, 1.807) is 45.0 Å². The van der Waals surface area contributed by atoms with Crippen LogP contribution in [0, 0.1) is 18.8 Å². The maximum Gasteiger partial charge on any atom is 0.331 e. The second-order valence-electron chi connectivity index (χ2n) is 8.72. The van der Waals surface area contributed by atoms with Gasteiger partial charge in [-0.05, 0) is 45.7 Å². The van der Waals surface area contributed by atoms with Gasteiger partial charge >= 0.3 is 11.9 Å². The maximum absolute atomic E-state index is 13.1. The van der Waals surface area contributed by atoms with Crippen LogP contribution in [0.15, 0.2) is 53.5 Å². The number of hydrogen-bond acceptors (Lipinski definition) is 6. The second-order valence-corrected chi connectivity index (χ2v) is 10.7. The molecule has 1 aromatic carbocycles. The van der Waals surface area contributed by atoms with Gasteiger partial charge in [-0.1, -0.05) is 35.9 Å². The summed E-state index contributed by atoms with van der Waals surface area (Å²) in [6.07, 6.45) is 2.87. The number of allylic oxidation sites excluding steroid dienone is 1. The van der Waals surface area contributed by atoms with Crippen molar-refractivity contribution in [3.05, 3.63) is 54.1 Å². The van der Waals surface area contributed by atoms with Gasteiger partial charge in [0, 0.05) is 25.1 Å². The molecule has 0 aromatic heterocycles. The van der Waals surface area contributed by atoms with Gasteiger partial charge in [-0.2, -0.15) is 4.31 Å². The highest BCUT2D eigenvalue weighted by molar-refractivity contribution is 7.89. The van der Waals surface area contributed by atoms with Crippen molar-refractivity contribution in [1.82, 2.24) is 4.31 Å². The average molecular weight is 450 g/mol. The van der Waals surface area contributed by atoms with Gasteiger partial charge < -0.3 is 9.47 Å². The van der Waals surface area contributed by atoms with E-state index < -0.39 is 27.6 Å². The molecule has 170 valence electrons. The fourth-order valence-corrected chi connectivity index (χ4v) is 4.97. The number of ether oxygens (including phenoxy) is 2. The molecule has 31 heavy (non-hydrogen) atoms. The largest absolute Gasteiger partial charge is 0.469 e. The number of hydrogen-bond donors (Lipinski definition) is 0. The maximum atomic E-state index is 13.1. The summed E-state index contributed by atoms with van der Waals surface area (Å²) >= 11 is 0. The third kappa shape index (κ3) is 6.77. The number of benzene rings is 1. The van der Waals surface area contributed by atoms with Crippen molar-refractivity contribution in [3.8, 4) is 0 Å². The first kappa shape index (κ1) is 24.8. The summed E-state index contributed by atoms with van der Waals surface area (Å²) in [6, 6.07) is 6.64. The SMILES string of the molecule is C=C(/C=C/C(=O)OC(C)(C)C)[C@@H]1CN(S(=O)(=O)c2ccc(C)cc2)C[C@@H]1CC(=O)OC. The van der Waals surface area contributed by atoms with Crippen LogP contribution in [0.2, 0.25) is 0 Å². The van der Waals surface area contributed by atoms with Crippen molar-refractivity contribution in [2.24, 2.45) is 11.8 Å². The summed E-state index contributed by atoms with van der Waals surface area (Å²) < 4.78 is 37.7. The molecule has 1 aromatic rings. The highest BCUT2D eigenvalue weighted by Crippen LogP contribution is 2.35. The van der Waals surface area contributed by atoms with Crippen molar-refractivity contribution in [2.45, 2.75) is 44.6 Å². The Morgan fingerprint density at radius 1 is 1.16 bits per heavy atom. The van der Waals surface area contributed by atoms with Gasteiger partial charge in [0.15, 0.2) is 0 Å². The quantitative estimate of drug-likeness (QED) is 0.361. The van der Waals surface area contributed by atoms with Crippen LogP contribution in [0.1, 0.15) is 32.8 Å². The van der Waals surface area contributed by atoms with Crippen LogP contribution in [0.5, 0.6) is 0 Å². The lowest BCUT2D eigenvalue weighted by Crippen LogP contribution is -2.29. The average Bonchev–Trinajstić information content (AvgIpc) is 3.09. The zero-order chi connectivity index (χ0) is 23.4. The number of carbonyl (C=O) groups excluding carboxylic acids is 2. The normalized spacial score (nSPS) is 20.0. The van der Waals surface area contributed by atoms with Crippen LogP contribution < -0.4 is 0 Å². The zero-order valence-corrected chi connectivity index (χ0v) is 19.6. The van der Waals surface area contributed by atoms with Crippen molar-refractivity contribution >= 4 is 22.0 Å². The van der Waals surface area contributed by atoms with Gasteiger partial charge in [0.1, 0.15) is 5.60 Å². The first-order valence-electron chi connectivity index (χ1n) is 10.1. The van der Waals surface area contributed by atoms with E-state index in [0.717, 1.165) is 5.56 Å². The molecule has 0 amide bonds. The topological polar surface area (TPSA) is 90.0 Å². The summed E-state index contributed by atoms with van der Waals surface area (Å²) in [7, 11) is -2.43. The van der Waals surface area contributed by atoms with Crippen LogP contribution in [0.4, 0.5) is 0 Å². The number of aryl methyl sites for hydroxylation is 1. The molecule has 2 rings (SSSR count). The number of esters is 2. The Labute approximate surface area is 184 Å². The highest BCUT2D eigenvalue weighted by atomic mass is 32.2. The molecule has 0 saturated carbocycles. The molecule has 0 aliphatic carbocycles. The molecule has 0 spiro atoms. The molecule has 0 N–H and O–H groups in total. The van der Waals surface area contributed by atoms with Gasteiger partial charge in [-0.3, -0.25) is 4.79 Å². The molecule has 0 unspecified atom stereocenters. The molecule has 1 aliphatic heterocycles. The molecule has 1 aliphatic rings. The van der Waals surface area contributed by atoms with Crippen LogP contribution in [0.25, 0.3) is 0 Å². The Morgan fingerprint density at radius 3 is 2.32 bits per heavy atom. The molecule has 1 fully saturated rings. The van der Waals surface area contributed by atoms with Gasteiger partial charge in [-0.25, -0.2) is 13.2 Å². The van der Waals surface area contributed by atoms with Gasteiger partial charge in [-0.15, -0.1) is 0 Å². The van der Waals surface area contributed by atoms with Crippen LogP contribution in [-0.2, 0) is 29.1 Å². The number of methoxy groups -OCH3 is 1. The summed E-state index contributed by atoms with van der Waals surface area (Å²) in [6.45, 7) is 11.5. The standard InChI is InChI=1S/C23H31NO6S/c1-16-7-10-19(11-8-16)31(27,28)24-14-18(13-22(26)29-6)20(15-24)17(2)9-12-21(25)30-23(3,4)5/h7-12,18,20H,2,13-15H2,1,3-6H3/b12-9+/t18-,20-/m0/s1. The van der Waals surface area contributed by atoms with Crippen molar-refractivity contribution in [1.29, 1.82) is 0 Å². The predicted molar refractivity (Wildman–Crippen MR) is 118 cm³/mol. The lowest BCUT2D eigenvalue weighted by Gasteiger charge is -2.19. The summed E-state index contributed by atoms with van der Waals surface area (Å²) in [4.78, 5) is 24.1. The molecule has 1 saturated heterocycles. The molecule has 0 bridgehead atoms. The molecule has 7 nitrogen and oxygen atoms in total. The Balaban J connectivity index is 2.23. The first-order chi connectivity index (χ1) is 14.3. The van der Waals surface area contributed by atoms with E-state index in [1.807, 2.05) is 6.92 Å². The van der Waals surface area contributed by atoms with E-state index in [0.29, 0.717) is 5.57 Å². The minimum Gasteiger partial charge on any atom is -0.469 e. The van der Waals surface area contributed by atoms with Crippen molar-refractivity contribution in [3.63, 3.8) is 0 Å².